The number of rotatable bonds is 10. The van der Waals surface area contributed by atoms with E-state index in [0.29, 0.717) is 17.4 Å². The van der Waals surface area contributed by atoms with E-state index in [9.17, 15) is 13.2 Å². The van der Waals surface area contributed by atoms with Crippen molar-refractivity contribution in [1.29, 1.82) is 0 Å². The van der Waals surface area contributed by atoms with E-state index in [-0.39, 0.29) is 16.1 Å². The SMILES string of the molecule is CCOc1ccc(-c2csc(NC(=O)C(C)Sc3ccc(NS(=O)(=O)c4ccccc4)cc3)n2)cc1. The smallest absolute Gasteiger partial charge is 0.261 e. The second kappa shape index (κ2) is 11.6. The number of anilines is 2. The molecule has 0 saturated heterocycles. The van der Waals surface area contributed by atoms with Gasteiger partial charge < -0.3 is 10.1 Å². The van der Waals surface area contributed by atoms with E-state index in [0.717, 1.165) is 21.9 Å². The number of sulfonamides is 1. The fourth-order valence-electron chi connectivity index (χ4n) is 3.23. The van der Waals surface area contributed by atoms with Crippen LogP contribution in [0.3, 0.4) is 0 Å². The molecule has 1 heterocycles. The van der Waals surface area contributed by atoms with Gasteiger partial charge in [0, 0.05) is 21.5 Å². The first-order valence-electron chi connectivity index (χ1n) is 11.2. The lowest BCUT2D eigenvalue weighted by atomic mass is 10.2. The van der Waals surface area contributed by atoms with Crippen LogP contribution in [0.2, 0.25) is 0 Å². The summed E-state index contributed by atoms with van der Waals surface area (Å²) in [5, 5.41) is 4.93. The van der Waals surface area contributed by atoms with Crippen molar-refractivity contribution in [3.8, 4) is 17.0 Å². The summed E-state index contributed by atoms with van der Waals surface area (Å²) in [7, 11) is -3.65. The van der Waals surface area contributed by atoms with Crippen molar-refractivity contribution in [2.75, 3.05) is 16.6 Å². The lowest BCUT2D eigenvalue weighted by Gasteiger charge is -2.12. The van der Waals surface area contributed by atoms with Gasteiger partial charge in [-0.15, -0.1) is 23.1 Å². The number of hydrogen-bond donors (Lipinski definition) is 2. The molecule has 7 nitrogen and oxygen atoms in total. The lowest BCUT2D eigenvalue weighted by molar-refractivity contribution is -0.115. The largest absolute Gasteiger partial charge is 0.494 e. The molecule has 0 saturated carbocycles. The third-order valence-electron chi connectivity index (χ3n) is 5.04. The van der Waals surface area contributed by atoms with Crippen molar-refractivity contribution in [2.45, 2.75) is 28.9 Å². The van der Waals surface area contributed by atoms with Gasteiger partial charge in [-0.1, -0.05) is 18.2 Å². The minimum absolute atomic E-state index is 0.165. The van der Waals surface area contributed by atoms with Gasteiger partial charge in [0.25, 0.3) is 10.0 Å². The van der Waals surface area contributed by atoms with Gasteiger partial charge >= 0.3 is 0 Å². The first-order chi connectivity index (χ1) is 17.3. The fourth-order valence-corrected chi connectivity index (χ4v) is 5.90. The van der Waals surface area contributed by atoms with Crippen LogP contribution in [0, 0.1) is 0 Å². The zero-order valence-corrected chi connectivity index (χ0v) is 22.1. The summed E-state index contributed by atoms with van der Waals surface area (Å²) in [5.74, 6) is 0.638. The minimum atomic E-state index is -3.65. The number of nitrogens with zero attached hydrogens (tertiary/aromatic N) is 1. The molecule has 0 aliphatic rings. The summed E-state index contributed by atoms with van der Waals surface area (Å²) in [6.45, 7) is 4.36. The third-order valence-corrected chi connectivity index (χ3v) is 8.30. The molecular weight excluding hydrogens is 515 g/mol. The van der Waals surface area contributed by atoms with E-state index in [1.807, 2.05) is 43.5 Å². The average molecular weight is 540 g/mol. The molecule has 36 heavy (non-hydrogen) atoms. The van der Waals surface area contributed by atoms with E-state index < -0.39 is 10.0 Å². The summed E-state index contributed by atoms with van der Waals surface area (Å²) in [4.78, 5) is 18.3. The maximum absolute atomic E-state index is 12.7. The molecule has 186 valence electrons. The fraction of sp³-hybridized carbons (Fsp3) is 0.154. The van der Waals surface area contributed by atoms with Gasteiger partial charge in [-0.2, -0.15) is 0 Å². The van der Waals surface area contributed by atoms with Crippen molar-refractivity contribution in [2.24, 2.45) is 0 Å². The standard InChI is InChI=1S/C26H25N3O4S3/c1-3-33-21-13-9-19(10-14-21)24-17-34-26(27-24)28-25(30)18(2)35-22-15-11-20(12-16-22)29-36(31,32)23-7-5-4-6-8-23/h4-18,29H,3H2,1-2H3,(H,27,28,30). The number of nitrogens with one attached hydrogen (secondary N) is 2. The molecule has 3 aromatic carbocycles. The Morgan fingerprint density at radius 3 is 2.39 bits per heavy atom. The molecule has 1 aromatic heterocycles. The number of carbonyl (C=O) groups is 1. The highest BCUT2D eigenvalue weighted by Crippen LogP contribution is 2.29. The number of aromatic nitrogens is 1. The molecule has 0 fully saturated rings. The highest BCUT2D eigenvalue weighted by molar-refractivity contribution is 8.00. The molecule has 0 aliphatic heterocycles. The van der Waals surface area contributed by atoms with Crippen LogP contribution in [-0.2, 0) is 14.8 Å². The average Bonchev–Trinajstić information content (AvgIpc) is 3.34. The monoisotopic (exact) mass is 539 g/mol. The van der Waals surface area contributed by atoms with Crippen molar-refractivity contribution in [3.63, 3.8) is 0 Å². The number of ether oxygens (including phenoxy) is 1. The van der Waals surface area contributed by atoms with Crippen molar-refractivity contribution < 1.29 is 17.9 Å². The Labute approximate surface area is 219 Å². The van der Waals surface area contributed by atoms with Crippen molar-refractivity contribution in [3.05, 3.63) is 84.2 Å². The number of thioether (sulfide) groups is 1. The molecule has 10 heteroatoms. The zero-order chi connectivity index (χ0) is 25.5. The van der Waals surface area contributed by atoms with Gasteiger partial charge in [0.15, 0.2) is 5.13 Å². The molecule has 1 atom stereocenters. The van der Waals surface area contributed by atoms with Crippen LogP contribution in [0.15, 0.2) is 94.0 Å². The predicted molar refractivity (Wildman–Crippen MR) is 146 cm³/mol. The quantitative estimate of drug-likeness (QED) is 0.235. The van der Waals surface area contributed by atoms with Crippen LogP contribution < -0.4 is 14.8 Å². The topological polar surface area (TPSA) is 97.4 Å². The molecule has 2 N–H and O–H groups in total. The number of thiazole rings is 1. The first-order valence-corrected chi connectivity index (χ1v) is 14.4. The van der Waals surface area contributed by atoms with Crippen molar-refractivity contribution >= 4 is 49.8 Å². The van der Waals surface area contributed by atoms with Crippen LogP contribution in [0.5, 0.6) is 5.75 Å². The molecular formula is C26H25N3O4S3. The molecule has 0 radical (unpaired) electrons. The second-order valence-electron chi connectivity index (χ2n) is 7.69. The van der Waals surface area contributed by atoms with Crippen molar-refractivity contribution in [1.82, 2.24) is 4.98 Å². The molecule has 0 aliphatic carbocycles. The maximum atomic E-state index is 12.7. The van der Waals surface area contributed by atoms with Gasteiger partial charge in [-0.3, -0.25) is 9.52 Å². The Hall–Kier alpha value is -3.34. The van der Waals surface area contributed by atoms with Crippen LogP contribution >= 0.6 is 23.1 Å². The summed E-state index contributed by atoms with van der Waals surface area (Å²) in [6.07, 6.45) is 0. The van der Waals surface area contributed by atoms with E-state index in [2.05, 4.69) is 15.0 Å². The second-order valence-corrected chi connectivity index (χ2v) is 11.6. The van der Waals surface area contributed by atoms with Crippen LogP contribution in [-0.4, -0.2) is 31.2 Å². The van der Waals surface area contributed by atoms with E-state index in [1.165, 1.54) is 35.2 Å². The normalized spacial score (nSPS) is 12.1. The van der Waals surface area contributed by atoms with E-state index in [1.54, 1.807) is 42.5 Å². The molecule has 1 amide bonds. The Bertz CT molecular complexity index is 1410. The summed E-state index contributed by atoms with van der Waals surface area (Å²) < 4.78 is 33.0. The summed E-state index contributed by atoms with van der Waals surface area (Å²) >= 11 is 2.74. The molecule has 1 unspecified atom stereocenters. The zero-order valence-electron chi connectivity index (χ0n) is 19.7. The van der Waals surface area contributed by atoms with Gasteiger partial charge in [-0.25, -0.2) is 13.4 Å². The summed E-state index contributed by atoms with van der Waals surface area (Å²) in [6, 6.07) is 22.8. The van der Waals surface area contributed by atoms with Crippen LogP contribution in [0.25, 0.3) is 11.3 Å². The lowest BCUT2D eigenvalue weighted by Crippen LogP contribution is -2.22. The third kappa shape index (κ3) is 6.66. The molecule has 0 spiro atoms. The first kappa shape index (κ1) is 25.7. The number of carbonyl (C=O) groups excluding carboxylic acids is 1. The van der Waals surface area contributed by atoms with Gasteiger partial charge in [0.1, 0.15) is 5.75 Å². The van der Waals surface area contributed by atoms with E-state index in [4.69, 9.17) is 4.74 Å². The summed E-state index contributed by atoms with van der Waals surface area (Å²) in [5.41, 5.74) is 2.18. The Balaban J connectivity index is 1.32. The minimum Gasteiger partial charge on any atom is -0.494 e. The van der Waals surface area contributed by atoms with Gasteiger partial charge in [0.2, 0.25) is 5.91 Å². The van der Waals surface area contributed by atoms with E-state index >= 15 is 0 Å². The Kier molecular flexibility index (Phi) is 8.29. The highest BCUT2D eigenvalue weighted by Gasteiger charge is 2.17. The number of amides is 1. The number of hydrogen-bond acceptors (Lipinski definition) is 7. The number of benzene rings is 3. The molecule has 4 aromatic rings. The maximum Gasteiger partial charge on any atom is 0.261 e. The molecule has 0 bridgehead atoms. The predicted octanol–water partition coefficient (Wildman–Crippen LogP) is 6.13. The Morgan fingerprint density at radius 1 is 1.03 bits per heavy atom. The highest BCUT2D eigenvalue weighted by atomic mass is 32.2. The van der Waals surface area contributed by atoms with Gasteiger partial charge in [-0.05, 0) is 74.5 Å². The van der Waals surface area contributed by atoms with Crippen LogP contribution in [0.4, 0.5) is 10.8 Å². The van der Waals surface area contributed by atoms with Crippen LogP contribution in [0.1, 0.15) is 13.8 Å². The Morgan fingerprint density at radius 2 is 1.72 bits per heavy atom. The molecule has 4 rings (SSSR count). The van der Waals surface area contributed by atoms with Gasteiger partial charge in [0.05, 0.1) is 22.4 Å².